The van der Waals surface area contributed by atoms with E-state index in [-0.39, 0.29) is 22.5 Å². The number of nitrogens with zero attached hydrogens (tertiary/aromatic N) is 5. The molecule has 0 saturated heterocycles. The monoisotopic (exact) mass is 464 g/mol. The summed E-state index contributed by atoms with van der Waals surface area (Å²) in [6, 6.07) is 6.80. The molecule has 0 bridgehead atoms. The number of nitrogens with one attached hydrogen (secondary N) is 1. The van der Waals surface area contributed by atoms with Gasteiger partial charge >= 0.3 is 6.18 Å². The van der Waals surface area contributed by atoms with Crippen LogP contribution in [0.2, 0.25) is 0 Å². The molecule has 1 aliphatic rings. The van der Waals surface area contributed by atoms with Crippen molar-refractivity contribution in [2.45, 2.75) is 37.0 Å². The van der Waals surface area contributed by atoms with E-state index < -0.39 is 11.7 Å². The highest BCUT2D eigenvalue weighted by molar-refractivity contribution is 7.99. The maximum atomic E-state index is 13.0. The largest absolute Gasteiger partial charge is 0.416 e. The quantitative estimate of drug-likeness (QED) is 0.568. The van der Waals surface area contributed by atoms with Gasteiger partial charge < -0.3 is 5.32 Å². The summed E-state index contributed by atoms with van der Waals surface area (Å²) in [5.41, 5.74) is 0.863. The molecule has 2 heterocycles. The Kier molecular flexibility index (Phi) is 5.97. The number of hydrogen-bond donors (Lipinski definition) is 1. The predicted octanol–water partition coefficient (Wildman–Crippen LogP) is 4.22. The minimum Gasteiger partial charge on any atom is -0.316 e. The van der Waals surface area contributed by atoms with Crippen LogP contribution in [0.15, 0.2) is 29.4 Å². The van der Waals surface area contributed by atoms with Gasteiger partial charge in [0.25, 0.3) is 0 Å². The van der Waals surface area contributed by atoms with E-state index >= 15 is 0 Å². The van der Waals surface area contributed by atoms with E-state index in [1.54, 1.807) is 0 Å². The predicted molar refractivity (Wildman–Crippen MR) is 109 cm³/mol. The molecule has 0 radical (unpaired) electrons. The van der Waals surface area contributed by atoms with Crippen molar-refractivity contribution < 1.29 is 18.0 Å². The molecule has 160 valence electrons. The van der Waals surface area contributed by atoms with Gasteiger partial charge in [0.2, 0.25) is 11.1 Å². The normalized spacial score (nSPS) is 13.5. The third-order valence-corrected chi connectivity index (χ3v) is 6.85. The number of carbonyl (C=O) groups excluding carboxylic acids is 1. The molecule has 0 aliphatic heterocycles. The Labute approximate surface area is 183 Å². The zero-order chi connectivity index (χ0) is 22.0. The van der Waals surface area contributed by atoms with Gasteiger partial charge in [-0.25, -0.2) is 0 Å². The first kappa shape index (κ1) is 21.3. The number of thiophene rings is 1. The minimum absolute atomic E-state index is 0.0627. The zero-order valence-electron chi connectivity index (χ0n) is 15.9. The number of aryl methyl sites for hydroxylation is 1. The molecule has 0 saturated carbocycles. The van der Waals surface area contributed by atoms with E-state index in [1.807, 2.05) is 0 Å². The smallest absolute Gasteiger partial charge is 0.316 e. The van der Waals surface area contributed by atoms with Gasteiger partial charge in [-0.3, -0.25) is 4.79 Å². The fourth-order valence-corrected chi connectivity index (χ4v) is 5.26. The number of aromatic nitrogens is 4. The number of alkyl halides is 3. The Morgan fingerprint density at radius 3 is 2.90 bits per heavy atom. The van der Waals surface area contributed by atoms with E-state index in [0.29, 0.717) is 10.6 Å². The lowest BCUT2D eigenvalue weighted by Crippen LogP contribution is -2.14. The highest BCUT2D eigenvalue weighted by Gasteiger charge is 2.31. The first-order chi connectivity index (χ1) is 14.9. The lowest BCUT2D eigenvalue weighted by atomic mass is 9.96. The van der Waals surface area contributed by atoms with Crippen molar-refractivity contribution in [1.82, 2.24) is 20.2 Å². The number of benzene rings is 1. The number of fused-ring (bicyclic) bond motifs is 1. The molecule has 3 aromatic rings. The van der Waals surface area contributed by atoms with Gasteiger partial charge in [0.15, 0.2) is 0 Å². The van der Waals surface area contributed by atoms with Gasteiger partial charge in [-0.15, -0.1) is 16.4 Å². The van der Waals surface area contributed by atoms with E-state index in [2.05, 4.69) is 26.9 Å². The first-order valence-electron chi connectivity index (χ1n) is 9.30. The van der Waals surface area contributed by atoms with Crippen LogP contribution in [-0.2, 0) is 23.8 Å². The first-order valence-corrected chi connectivity index (χ1v) is 11.1. The van der Waals surface area contributed by atoms with Crippen LogP contribution in [0.5, 0.6) is 0 Å². The number of nitriles is 1. The van der Waals surface area contributed by atoms with E-state index in [4.69, 9.17) is 0 Å². The lowest BCUT2D eigenvalue weighted by molar-refractivity contribution is -0.137. The molecule has 1 aromatic carbocycles. The Morgan fingerprint density at radius 2 is 2.13 bits per heavy atom. The maximum Gasteiger partial charge on any atom is 0.416 e. The molecule has 2 aromatic heterocycles. The van der Waals surface area contributed by atoms with Crippen LogP contribution in [0.1, 0.15) is 34.4 Å². The standard InChI is InChI=1S/C19H15F3N6OS2/c20-19(21,22)11-4-3-5-12(8-11)28-18(25-26-27-28)30-10-16(29)24-17-14(9-23)13-6-1-2-7-15(13)31-17/h3-5,8H,1-2,6-7,10H2,(H,24,29). The van der Waals surface area contributed by atoms with E-state index in [0.717, 1.165) is 64.7 Å². The summed E-state index contributed by atoms with van der Waals surface area (Å²) in [6.45, 7) is 0. The van der Waals surface area contributed by atoms with Crippen molar-refractivity contribution in [1.29, 1.82) is 5.26 Å². The maximum absolute atomic E-state index is 13.0. The van der Waals surface area contributed by atoms with Crippen molar-refractivity contribution >= 4 is 34.0 Å². The summed E-state index contributed by atoms with van der Waals surface area (Å²) in [5, 5.41) is 24.0. The van der Waals surface area contributed by atoms with Crippen LogP contribution in [0.25, 0.3) is 5.69 Å². The Bertz CT molecular complexity index is 1160. The molecule has 0 spiro atoms. The molecule has 31 heavy (non-hydrogen) atoms. The average Bonchev–Trinajstić information content (AvgIpc) is 3.35. The third-order valence-electron chi connectivity index (χ3n) is 4.73. The van der Waals surface area contributed by atoms with Crippen LogP contribution in [0.4, 0.5) is 18.2 Å². The molecule has 1 aliphatic carbocycles. The number of hydrogen-bond acceptors (Lipinski definition) is 7. The van der Waals surface area contributed by atoms with Crippen molar-refractivity contribution in [3.63, 3.8) is 0 Å². The highest BCUT2D eigenvalue weighted by atomic mass is 32.2. The summed E-state index contributed by atoms with van der Waals surface area (Å²) < 4.78 is 40.1. The van der Waals surface area contributed by atoms with E-state index in [1.165, 1.54) is 23.5 Å². The summed E-state index contributed by atoms with van der Waals surface area (Å²) >= 11 is 2.42. The molecule has 12 heteroatoms. The van der Waals surface area contributed by atoms with Crippen LogP contribution in [0.3, 0.4) is 0 Å². The van der Waals surface area contributed by atoms with Crippen molar-refractivity contribution in [2.24, 2.45) is 0 Å². The molecule has 0 atom stereocenters. The Balaban J connectivity index is 1.46. The summed E-state index contributed by atoms with van der Waals surface area (Å²) in [5.74, 6) is -0.411. The number of anilines is 1. The number of halogens is 3. The topological polar surface area (TPSA) is 96.5 Å². The number of rotatable bonds is 5. The molecule has 7 nitrogen and oxygen atoms in total. The van der Waals surface area contributed by atoms with Crippen molar-refractivity contribution in [3.05, 3.63) is 45.8 Å². The Morgan fingerprint density at radius 1 is 1.32 bits per heavy atom. The second-order valence-corrected chi connectivity index (χ2v) is 8.83. The van der Waals surface area contributed by atoms with Gasteiger partial charge in [-0.1, -0.05) is 17.8 Å². The highest BCUT2D eigenvalue weighted by Crippen LogP contribution is 2.37. The lowest BCUT2D eigenvalue weighted by Gasteiger charge is -2.09. The molecular weight excluding hydrogens is 449 g/mol. The average molecular weight is 464 g/mol. The summed E-state index contributed by atoms with van der Waals surface area (Å²) in [6.07, 6.45) is -0.647. The minimum atomic E-state index is -4.49. The van der Waals surface area contributed by atoms with Crippen LogP contribution < -0.4 is 5.32 Å². The third kappa shape index (κ3) is 4.57. The van der Waals surface area contributed by atoms with Gasteiger partial charge in [0.1, 0.15) is 11.1 Å². The zero-order valence-corrected chi connectivity index (χ0v) is 17.6. The van der Waals surface area contributed by atoms with Gasteiger partial charge in [0, 0.05) is 4.88 Å². The van der Waals surface area contributed by atoms with E-state index in [9.17, 15) is 23.2 Å². The number of carbonyl (C=O) groups is 1. The summed E-state index contributed by atoms with van der Waals surface area (Å²) in [4.78, 5) is 13.6. The van der Waals surface area contributed by atoms with Gasteiger partial charge in [-0.2, -0.15) is 23.1 Å². The number of tetrazole rings is 1. The molecule has 1 N–H and O–H groups in total. The Hall–Kier alpha value is -2.91. The van der Waals surface area contributed by atoms with Crippen LogP contribution in [-0.4, -0.2) is 31.9 Å². The fourth-order valence-electron chi connectivity index (χ4n) is 3.31. The molecule has 4 rings (SSSR count). The molecular formula is C19H15F3N6OS2. The second-order valence-electron chi connectivity index (χ2n) is 6.79. The molecule has 0 unspecified atom stereocenters. The number of amides is 1. The molecule has 1 amide bonds. The van der Waals surface area contributed by atoms with Crippen molar-refractivity contribution in [2.75, 3.05) is 11.1 Å². The van der Waals surface area contributed by atoms with Crippen molar-refractivity contribution in [3.8, 4) is 11.8 Å². The number of thioether (sulfide) groups is 1. The second kappa shape index (κ2) is 8.68. The fraction of sp³-hybridized carbons (Fsp3) is 0.316. The van der Waals surface area contributed by atoms with Crippen LogP contribution in [0, 0.1) is 11.3 Å². The SMILES string of the molecule is N#Cc1c(NC(=O)CSc2nnnn2-c2cccc(C(F)(F)F)c2)sc2c1CCCC2. The van der Waals surface area contributed by atoms with Gasteiger partial charge in [0.05, 0.1) is 22.6 Å². The summed E-state index contributed by atoms with van der Waals surface area (Å²) in [7, 11) is 0. The van der Waals surface area contributed by atoms with Crippen LogP contribution >= 0.6 is 23.1 Å². The van der Waals surface area contributed by atoms with Gasteiger partial charge in [-0.05, 0) is 59.9 Å². The molecule has 0 fully saturated rings.